The van der Waals surface area contributed by atoms with Gasteiger partial charge in [0.2, 0.25) is 5.91 Å². The van der Waals surface area contributed by atoms with Gasteiger partial charge >= 0.3 is 6.09 Å². The first-order chi connectivity index (χ1) is 15.0. The molecule has 1 aromatic heterocycles. The Morgan fingerprint density at radius 3 is 2.52 bits per heavy atom. The predicted octanol–water partition coefficient (Wildman–Crippen LogP) is 4.77. The number of amides is 2. The third-order valence-electron chi connectivity index (χ3n) is 4.52. The molecule has 0 aliphatic carbocycles. The molecular weight excluding hydrogens is 412 g/mol. The maximum absolute atomic E-state index is 12.6. The summed E-state index contributed by atoms with van der Waals surface area (Å²) in [6.45, 7) is 2.55. The van der Waals surface area contributed by atoms with Crippen molar-refractivity contribution in [3.63, 3.8) is 0 Å². The molecule has 0 aliphatic rings. The number of thiazole rings is 1. The van der Waals surface area contributed by atoms with Crippen LogP contribution >= 0.6 is 11.3 Å². The highest BCUT2D eigenvalue weighted by molar-refractivity contribution is 7.13. The minimum atomic E-state index is -0.496. The molecule has 1 heterocycles. The number of nitrogens with zero attached hydrogens (tertiary/aromatic N) is 2. The van der Waals surface area contributed by atoms with E-state index in [4.69, 9.17) is 10.5 Å². The smallest absolute Gasteiger partial charge is 0.410 e. The molecule has 0 atom stereocenters. The molecule has 3 aromatic rings. The zero-order valence-electron chi connectivity index (χ0n) is 17.4. The van der Waals surface area contributed by atoms with Crippen molar-refractivity contribution in [2.24, 2.45) is 0 Å². The Bertz CT molecular complexity index is 990. The molecule has 0 bridgehead atoms. The fraction of sp³-hybridized carbons (Fsp3) is 0.261. The average molecular weight is 439 g/mol. The Morgan fingerprint density at radius 2 is 1.87 bits per heavy atom. The number of aromatic nitrogens is 1. The molecule has 0 aliphatic heterocycles. The zero-order valence-corrected chi connectivity index (χ0v) is 18.2. The van der Waals surface area contributed by atoms with Gasteiger partial charge in [-0.1, -0.05) is 55.8 Å². The number of nitrogens with one attached hydrogen (secondary N) is 1. The Labute approximate surface area is 185 Å². The Kier molecular flexibility index (Phi) is 8.00. The minimum Gasteiger partial charge on any atom is -0.449 e. The summed E-state index contributed by atoms with van der Waals surface area (Å²) in [5, 5.41) is 5.23. The van der Waals surface area contributed by atoms with E-state index in [1.54, 1.807) is 12.1 Å². The van der Waals surface area contributed by atoms with E-state index >= 15 is 0 Å². The van der Waals surface area contributed by atoms with Gasteiger partial charge in [-0.25, -0.2) is 9.78 Å². The van der Waals surface area contributed by atoms with Crippen molar-refractivity contribution in [2.75, 3.05) is 24.2 Å². The van der Waals surface area contributed by atoms with Gasteiger partial charge in [-0.05, 0) is 24.1 Å². The second-order valence-corrected chi connectivity index (χ2v) is 7.90. The van der Waals surface area contributed by atoms with Crippen LogP contribution in [0.4, 0.5) is 15.6 Å². The standard InChI is InChI=1S/C23H26N4O3S/c1-2-3-13-30-23(29)27(14-17-7-5-4-6-8-17)15-21(28)25-19-11-9-18(10-12-19)20-16-31-22(24)26-20/h4-12,16H,2-3,13-15H2,1H3,(H2,24,26)(H,25,28). The van der Waals surface area contributed by atoms with Gasteiger partial charge in [0.15, 0.2) is 5.13 Å². The van der Waals surface area contributed by atoms with Crippen LogP contribution in [0.3, 0.4) is 0 Å². The quantitative estimate of drug-likeness (QED) is 0.469. The Morgan fingerprint density at radius 1 is 1.13 bits per heavy atom. The van der Waals surface area contributed by atoms with Gasteiger partial charge in [-0.3, -0.25) is 9.69 Å². The number of carbonyl (C=O) groups is 2. The van der Waals surface area contributed by atoms with Gasteiger partial charge in [0.1, 0.15) is 6.54 Å². The van der Waals surface area contributed by atoms with Crippen molar-refractivity contribution >= 4 is 34.2 Å². The summed E-state index contributed by atoms with van der Waals surface area (Å²) < 4.78 is 5.33. The molecule has 162 valence electrons. The van der Waals surface area contributed by atoms with Crippen LogP contribution in [0.1, 0.15) is 25.3 Å². The van der Waals surface area contributed by atoms with Gasteiger partial charge in [-0.15, -0.1) is 11.3 Å². The summed E-state index contributed by atoms with van der Waals surface area (Å²) in [7, 11) is 0. The lowest BCUT2D eigenvalue weighted by Crippen LogP contribution is -2.38. The van der Waals surface area contributed by atoms with Crippen LogP contribution in [0, 0.1) is 0 Å². The monoisotopic (exact) mass is 438 g/mol. The van der Waals surface area contributed by atoms with Crippen molar-refractivity contribution in [2.45, 2.75) is 26.3 Å². The first-order valence-corrected chi connectivity index (χ1v) is 11.0. The second kappa shape index (κ2) is 11.1. The molecule has 2 amide bonds. The molecular formula is C23H26N4O3S. The number of carbonyl (C=O) groups excluding carboxylic acids is 2. The number of hydrogen-bond donors (Lipinski definition) is 2. The van der Waals surface area contributed by atoms with E-state index in [9.17, 15) is 9.59 Å². The predicted molar refractivity (Wildman–Crippen MR) is 124 cm³/mol. The van der Waals surface area contributed by atoms with Gasteiger partial charge in [0.25, 0.3) is 0 Å². The third-order valence-corrected chi connectivity index (χ3v) is 5.19. The summed E-state index contributed by atoms with van der Waals surface area (Å²) in [4.78, 5) is 30.8. The Hall–Kier alpha value is -3.39. The highest BCUT2D eigenvalue weighted by Gasteiger charge is 2.19. The van der Waals surface area contributed by atoms with Crippen LogP contribution in [-0.4, -0.2) is 35.0 Å². The molecule has 0 radical (unpaired) electrons. The van der Waals surface area contributed by atoms with E-state index in [0.29, 0.717) is 24.0 Å². The molecule has 0 saturated heterocycles. The van der Waals surface area contributed by atoms with E-state index in [1.165, 1.54) is 16.2 Å². The Balaban J connectivity index is 1.62. The van der Waals surface area contributed by atoms with Crippen molar-refractivity contribution in [3.05, 3.63) is 65.5 Å². The molecule has 3 rings (SSSR count). The largest absolute Gasteiger partial charge is 0.449 e. The summed E-state index contributed by atoms with van der Waals surface area (Å²) in [5.74, 6) is -0.297. The molecule has 7 nitrogen and oxygen atoms in total. The number of hydrogen-bond acceptors (Lipinski definition) is 6. The lowest BCUT2D eigenvalue weighted by molar-refractivity contribution is -0.117. The maximum atomic E-state index is 12.6. The molecule has 2 aromatic carbocycles. The maximum Gasteiger partial charge on any atom is 0.410 e. The fourth-order valence-corrected chi connectivity index (χ4v) is 3.47. The minimum absolute atomic E-state index is 0.107. The molecule has 8 heteroatoms. The summed E-state index contributed by atoms with van der Waals surface area (Å²) in [5.41, 5.74) is 8.95. The van der Waals surface area contributed by atoms with Crippen LogP contribution in [0.15, 0.2) is 60.0 Å². The number of nitrogens with two attached hydrogens (primary N) is 1. The van der Waals surface area contributed by atoms with Crippen LogP contribution in [0.5, 0.6) is 0 Å². The van der Waals surface area contributed by atoms with E-state index in [1.807, 2.05) is 54.8 Å². The number of ether oxygens (including phenoxy) is 1. The zero-order chi connectivity index (χ0) is 22.1. The van der Waals surface area contributed by atoms with Gasteiger partial charge in [0.05, 0.1) is 12.3 Å². The topological polar surface area (TPSA) is 97.5 Å². The van der Waals surface area contributed by atoms with Gasteiger partial charge in [-0.2, -0.15) is 0 Å². The number of nitrogen functional groups attached to an aromatic ring is 1. The van der Waals surface area contributed by atoms with E-state index in [2.05, 4.69) is 10.3 Å². The van der Waals surface area contributed by atoms with E-state index in [0.717, 1.165) is 29.7 Å². The normalized spacial score (nSPS) is 10.5. The highest BCUT2D eigenvalue weighted by Crippen LogP contribution is 2.24. The van der Waals surface area contributed by atoms with Crippen molar-refractivity contribution < 1.29 is 14.3 Å². The van der Waals surface area contributed by atoms with Crippen LogP contribution in [-0.2, 0) is 16.1 Å². The first kappa shape index (κ1) is 22.3. The second-order valence-electron chi connectivity index (χ2n) is 7.01. The van der Waals surface area contributed by atoms with Crippen LogP contribution in [0.25, 0.3) is 11.3 Å². The average Bonchev–Trinajstić information content (AvgIpc) is 3.21. The van der Waals surface area contributed by atoms with Gasteiger partial charge in [0, 0.05) is 23.2 Å². The number of rotatable bonds is 9. The van der Waals surface area contributed by atoms with Crippen LogP contribution < -0.4 is 11.1 Å². The van der Waals surface area contributed by atoms with Crippen molar-refractivity contribution in [1.29, 1.82) is 0 Å². The molecule has 0 fully saturated rings. The van der Waals surface area contributed by atoms with E-state index < -0.39 is 6.09 Å². The summed E-state index contributed by atoms with van der Waals surface area (Å²) in [6.07, 6.45) is 1.22. The SMILES string of the molecule is CCCCOC(=O)N(CC(=O)Nc1ccc(-c2csc(N)n2)cc1)Cc1ccccc1. The summed E-state index contributed by atoms with van der Waals surface area (Å²) in [6, 6.07) is 16.8. The lowest BCUT2D eigenvalue weighted by atomic mass is 10.1. The van der Waals surface area contributed by atoms with Crippen molar-refractivity contribution in [1.82, 2.24) is 9.88 Å². The number of unbranched alkanes of at least 4 members (excludes halogenated alkanes) is 1. The number of anilines is 2. The molecule has 31 heavy (non-hydrogen) atoms. The highest BCUT2D eigenvalue weighted by atomic mass is 32.1. The van der Waals surface area contributed by atoms with Crippen molar-refractivity contribution in [3.8, 4) is 11.3 Å². The fourth-order valence-electron chi connectivity index (χ4n) is 2.90. The van der Waals surface area contributed by atoms with E-state index in [-0.39, 0.29) is 12.5 Å². The molecule has 0 unspecified atom stereocenters. The summed E-state index contributed by atoms with van der Waals surface area (Å²) >= 11 is 1.38. The third kappa shape index (κ3) is 6.82. The first-order valence-electron chi connectivity index (χ1n) is 10.1. The van der Waals surface area contributed by atoms with Gasteiger partial charge < -0.3 is 15.8 Å². The van der Waals surface area contributed by atoms with Crippen LogP contribution in [0.2, 0.25) is 0 Å². The molecule has 0 saturated carbocycles. The lowest BCUT2D eigenvalue weighted by Gasteiger charge is -2.22. The number of benzene rings is 2. The molecule has 0 spiro atoms. The molecule has 3 N–H and O–H groups in total.